The van der Waals surface area contributed by atoms with Gasteiger partial charge in [-0.1, -0.05) is 0 Å². The van der Waals surface area contributed by atoms with Gasteiger partial charge in [-0.05, 0) is 51.0 Å². The van der Waals surface area contributed by atoms with Gasteiger partial charge in [-0.3, -0.25) is 0 Å². The molecule has 30 heavy (non-hydrogen) atoms. The molecule has 3 aromatic heterocycles. The lowest BCUT2D eigenvalue weighted by Gasteiger charge is -2.29. The summed E-state index contributed by atoms with van der Waals surface area (Å²) >= 11 is 0. The molecule has 5 heterocycles. The zero-order chi connectivity index (χ0) is 20.5. The smallest absolute Gasteiger partial charge is 0.228 e. The lowest BCUT2D eigenvalue weighted by Crippen LogP contribution is -2.37. The van der Waals surface area contributed by atoms with Gasteiger partial charge in [0.15, 0.2) is 5.65 Å². The Labute approximate surface area is 175 Å². The van der Waals surface area contributed by atoms with Gasteiger partial charge in [-0.2, -0.15) is 10.1 Å². The van der Waals surface area contributed by atoms with Crippen LogP contribution in [0.4, 0.5) is 11.8 Å². The van der Waals surface area contributed by atoms with Crippen molar-refractivity contribution in [2.75, 3.05) is 57.1 Å². The summed E-state index contributed by atoms with van der Waals surface area (Å²) in [5.74, 6) is 1.84. The summed E-state index contributed by atoms with van der Waals surface area (Å²) in [5.41, 5.74) is 8.45. The molecule has 3 aromatic rings. The largest absolute Gasteiger partial charge is 0.384 e. The minimum absolute atomic E-state index is 0.496. The molecule has 5 rings (SSSR count). The highest BCUT2D eigenvalue weighted by Crippen LogP contribution is 2.29. The number of hydrogen-bond acceptors (Lipinski definition) is 8. The molecular formula is C21H28N8O. The third-order valence-corrected chi connectivity index (χ3v) is 6.11. The molecule has 9 heteroatoms. The Kier molecular flexibility index (Phi) is 5.22. The molecule has 2 N–H and O–H groups in total. The SMILES string of the molecule is CN1CCC(Cn2ncc3c(-c4ccc(N)nc4)nc(N4CCOCC4)nc32)CC1. The number of fused-ring (bicyclic) bond motifs is 1. The highest BCUT2D eigenvalue weighted by atomic mass is 16.5. The lowest BCUT2D eigenvalue weighted by molar-refractivity contribution is 0.122. The maximum Gasteiger partial charge on any atom is 0.228 e. The van der Waals surface area contributed by atoms with E-state index in [1.807, 2.05) is 12.3 Å². The van der Waals surface area contributed by atoms with Crippen LogP contribution in [0.5, 0.6) is 0 Å². The van der Waals surface area contributed by atoms with Gasteiger partial charge < -0.3 is 20.3 Å². The summed E-state index contributed by atoms with van der Waals surface area (Å²) in [4.78, 5) is 18.7. The molecule has 2 aliphatic rings. The van der Waals surface area contributed by atoms with Crippen LogP contribution in [0.1, 0.15) is 12.8 Å². The van der Waals surface area contributed by atoms with Crippen molar-refractivity contribution < 1.29 is 4.74 Å². The van der Waals surface area contributed by atoms with Crippen LogP contribution in [0.15, 0.2) is 24.5 Å². The number of pyridine rings is 1. The van der Waals surface area contributed by atoms with Gasteiger partial charge in [-0.15, -0.1) is 0 Å². The molecule has 0 aliphatic carbocycles. The van der Waals surface area contributed by atoms with E-state index in [0.29, 0.717) is 24.9 Å². The monoisotopic (exact) mass is 408 g/mol. The Morgan fingerprint density at radius 3 is 2.60 bits per heavy atom. The quantitative estimate of drug-likeness (QED) is 0.696. The first-order chi connectivity index (χ1) is 14.7. The standard InChI is InChI=1S/C21H28N8O/c1-27-6-4-15(5-7-27)14-29-20-17(13-24-29)19(16-2-3-18(22)23-12-16)25-21(26-20)28-8-10-30-11-9-28/h2-3,12-13,15H,4-11,14H2,1H3,(H2,22,23). The molecule has 2 saturated heterocycles. The van der Waals surface area contributed by atoms with Gasteiger partial charge in [0.25, 0.3) is 0 Å². The van der Waals surface area contributed by atoms with Crippen molar-refractivity contribution >= 4 is 22.8 Å². The molecular weight excluding hydrogens is 380 g/mol. The highest BCUT2D eigenvalue weighted by Gasteiger charge is 2.22. The van der Waals surface area contributed by atoms with E-state index >= 15 is 0 Å². The fourth-order valence-corrected chi connectivity index (χ4v) is 4.24. The number of aromatic nitrogens is 5. The number of anilines is 2. The van der Waals surface area contributed by atoms with Gasteiger partial charge in [-0.25, -0.2) is 14.6 Å². The van der Waals surface area contributed by atoms with E-state index in [1.54, 1.807) is 12.3 Å². The molecule has 2 fully saturated rings. The second kappa shape index (κ2) is 8.16. The van der Waals surface area contributed by atoms with Crippen LogP contribution < -0.4 is 10.6 Å². The Bertz CT molecular complexity index is 1000. The maximum atomic E-state index is 5.80. The number of likely N-dealkylation sites (tertiary alicyclic amines) is 1. The van der Waals surface area contributed by atoms with Crippen LogP contribution in [-0.2, 0) is 11.3 Å². The van der Waals surface area contributed by atoms with Gasteiger partial charge in [0, 0.05) is 31.4 Å². The summed E-state index contributed by atoms with van der Waals surface area (Å²) in [5, 5.41) is 5.66. The Balaban J connectivity index is 1.55. The average Bonchev–Trinajstić information content (AvgIpc) is 3.18. The second-order valence-corrected chi connectivity index (χ2v) is 8.25. The first-order valence-corrected chi connectivity index (χ1v) is 10.6. The third-order valence-electron chi connectivity index (χ3n) is 6.11. The van der Waals surface area contributed by atoms with Crippen molar-refractivity contribution in [3.63, 3.8) is 0 Å². The first kappa shape index (κ1) is 19.2. The number of nitrogens with zero attached hydrogens (tertiary/aromatic N) is 7. The molecule has 0 amide bonds. The van der Waals surface area contributed by atoms with Crippen LogP contribution in [0.3, 0.4) is 0 Å². The fourth-order valence-electron chi connectivity index (χ4n) is 4.24. The Hall–Kier alpha value is -2.78. The molecule has 9 nitrogen and oxygen atoms in total. The molecule has 0 atom stereocenters. The van der Waals surface area contributed by atoms with E-state index in [9.17, 15) is 0 Å². The number of hydrogen-bond donors (Lipinski definition) is 1. The number of ether oxygens (including phenoxy) is 1. The molecule has 0 spiro atoms. The van der Waals surface area contributed by atoms with Crippen molar-refractivity contribution in [2.24, 2.45) is 5.92 Å². The third kappa shape index (κ3) is 3.82. The zero-order valence-corrected chi connectivity index (χ0v) is 17.4. The van der Waals surface area contributed by atoms with E-state index in [1.165, 1.54) is 12.8 Å². The zero-order valence-electron chi connectivity index (χ0n) is 17.4. The van der Waals surface area contributed by atoms with Crippen molar-refractivity contribution in [2.45, 2.75) is 19.4 Å². The summed E-state index contributed by atoms with van der Waals surface area (Å²) in [6, 6.07) is 3.77. The van der Waals surface area contributed by atoms with E-state index in [-0.39, 0.29) is 0 Å². The van der Waals surface area contributed by atoms with Crippen LogP contribution in [0.2, 0.25) is 0 Å². The predicted octanol–water partition coefficient (Wildman–Crippen LogP) is 1.65. The summed E-state index contributed by atoms with van der Waals surface area (Å²) in [7, 11) is 2.19. The number of nitrogen functional groups attached to an aromatic ring is 1. The molecule has 0 aromatic carbocycles. The van der Waals surface area contributed by atoms with E-state index in [2.05, 4.69) is 26.5 Å². The number of rotatable bonds is 4. The predicted molar refractivity (Wildman–Crippen MR) is 116 cm³/mol. The van der Waals surface area contributed by atoms with E-state index in [0.717, 1.165) is 61.0 Å². The molecule has 2 aliphatic heterocycles. The van der Waals surface area contributed by atoms with E-state index < -0.39 is 0 Å². The summed E-state index contributed by atoms with van der Waals surface area (Å²) < 4.78 is 7.57. The highest BCUT2D eigenvalue weighted by molar-refractivity contribution is 5.91. The summed E-state index contributed by atoms with van der Waals surface area (Å²) in [6.07, 6.45) is 6.04. The lowest BCUT2D eigenvalue weighted by atomic mass is 9.97. The second-order valence-electron chi connectivity index (χ2n) is 8.25. The fraction of sp³-hybridized carbons (Fsp3) is 0.524. The van der Waals surface area contributed by atoms with Gasteiger partial charge in [0.1, 0.15) is 5.82 Å². The minimum atomic E-state index is 0.496. The average molecular weight is 409 g/mol. The van der Waals surface area contributed by atoms with Crippen LogP contribution in [0, 0.1) is 5.92 Å². The topological polar surface area (TPSA) is 98.2 Å². The van der Waals surface area contributed by atoms with Gasteiger partial charge in [0.2, 0.25) is 5.95 Å². The number of morpholine rings is 1. The Morgan fingerprint density at radius 2 is 1.87 bits per heavy atom. The van der Waals surface area contributed by atoms with Crippen LogP contribution in [0.25, 0.3) is 22.3 Å². The molecule has 0 bridgehead atoms. The molecule has 0 radical (unpaired) electrons. The molecule has 0 unspecified atom stereocenters. The number of nitrogens with two attached hydrogens (primary N) is 1. The minimum Gasteiger partial charge on any atom is -0.384 e. The van der Waals surface area contributed by atoms with E-state index in [4.69, 9.17) is 25.5 Å². The normalized spacial score (nSPS) is 18.9. The molecule has 158 valence electrons. The molecule has 0 saturated carbocycles. The van der Waals surface area contributed by atoms with Crippen LogP contribution in [-0.4, -0.2) is 76.1 Å². The maximum absolute atomic E-state index is 5.80. The van der Waals surface area contributed by atoms with Gasteiger partial charge in [0.05, 0.1) is 30.5 Å². The van der Waals surface area contributed by atoms with Gasteiger partial charge >= 0.3 is 0 Å². The Morgan fingerprint density at radius 1 is 1.07 bits per heavy atom. The van der Waals surface area contributed by atoms with Crippen molar-refractivity contribution in [1.82, 2.24) is 29.6 Å². The number of piperidine rings is 1. The van der Waals surface area contributed by atoms with Crippen molar-refractivity contribution in [3.8, 4) is 11.3 Å². The van der Waals surface area contributed by atoms with Crippen molar-refractivity contribution in [1.29, 1.82) is 0 Å². The van der Waals surface area contributed by atoms with Crippen LogP contribution >= 0.6 is 0 Å². The first-order valence-electron chi connectivity index (χ1n) is 10.6. The van der Waals surface area contributed by atoms with Crippen molar-refractivity contribution in [3.05, 3.63) is 24.5 Å². The summed E-state index contributed by atoms with van der Waals surface area (Å²) in [6.45, 7) is 6.11.